The van der Waals surface area contributed by atoms with Crippen molar-refractivity contribution in [3.8, 4) is 22.7 Å². The van der Waals surface area contributed by atoms with Gasteiger partial charge in [-0.15, -0.1) is 0 Å². The van der Waals surface area contributed by atoms with Gasteiger partial charge in [0.2, 0.25) is 10.0 Å². The molecule has 0 amide bonds. The predicted octanol–water partition coefficient (Wildman–Crippen LogP) is 2.36. The molecule has 0 atom stereocenters. The Labute approximate surface area is 169 Å². The molecular formula is C17H16F3N3O3SSe. The number of nitrogens with zero attached hydrogens (tertiary/aromatic N) is 2. The number of hydrogen-bond acceptors (Lipinski definition) is 4. The topological polar surface area (TPSA) is 87.2 Å². The molecule has 0 spiro atoms. The van der Waals surface area contributed by atoms with Gasteiger partial charge >= 0.3 is 17.1 Å². The van der Waals surface area contributed by atoms with Gasteiger partial charge in [-0.1, -0.05) is 0 Å². The van der Waals surface area contributed by atoms with Crippen molar-refractivity contribution in [3.63, 3.8) is 0 Å². The van der Waals surface area contributed by atoms with Crippen LogP contribution in [0.3, 0.4) is 0 Å². The number of hydrogen-bond donors (Lipinski definition) is 1. The van der Waals surface area contributed by atoms with Crippen molar-refractivity contribution in [2.24, 2.45) is 5.14 Å². The molecule has 1 heterocycles. The first kappa shape index (κ1) is 22.0. The molecule has 0 radical (unpaired) electrons. The number of nitrogens with two attached hydrogens (primary N) is 1. The maximum absolute atomic E-state index is 14.0. The van der Waals surface area contributed by atoms with Gasteiger partial charge in [0.05, 0.1) is 23.4 Å². The number of rotatable bonds is 5. The van der Waals surface area contributed by atoms with Crippen LogP contribution in [0, 0.1) is 5.82 Å². The van der Waals surface area contributed by atoms with E-state index in [4.69, 9.17) is 9.88 Å². The van der Waals surface area contributed by atoms with Crippen molar-refractivity contribution in [3.05, 3.63) is 60.0 Å². The average molecular weight is 478 g/mol. The third-order valence-electron chi connectivity index (χ3n) is 3.81. The molecule has 6 nitrogen and oxygen atoms in total. The third-order valence-corrected chi connectivity index (χ3v) is 4.74. The summed E-state index contributed by atoms with van der Waals surface area (Å²) in [6.45, 7) is 0. The van der Waals surface area contributed by atoms with Crippen LogP contribution in [0.4, 0.5) is 13.2 Å². The molecule has 11 heteroatoms. The van der Waals surface area contributed by atoms with E-state index in [2.05, 4.69) is 5.10 Å². The van der Waals surface area contributed by atoms with Crippen molar-refractivity contribution >= 4 is 27.1 Å². The minimum atomic E-state index is -3.90. The van der Waals surface area contributed by atoms with E-state index in [1.54, 1.807) is 0 Å². The van der Waals surface area contributed by atoms with Gasteiger partial charge in [-0.2, -0.15) is 5.10 Å². The van der Waals surface area contributed by atoms with Gasteiger partial charge in [-0.05, 0) is 48.5 Å². The molecule has 0 aliphatic rings. The van der Waals surface area contributed by atoms with Crippen molar-refractivity contribution in [2.45, 2.75) is 11.3 Å². The molecule has 0 saturated heterocycles. The summed E-state index contributed by atoms with van der Waals surface area (Å²) in [6, 6.07) is 10.3. The zero-order chi connectivity index (χ0) is 19.8. The standard InChI is InChI=1S/C17H14F3N3O3S.H2Se/c1-26-16-7-2-10(8-13(16)18)15-9-14(17(19)20)22-23(15)11-3-5-12(6-4-11)27(21,24)25;/h2-9,17H,1H3,(H2,21,24,25);1H2. The van der Waals surface area contributed by atoms with Crippen molar-refractivity contribution in [1.82, 2.24) is 9.78 Å². The zero-order valence-electron chi connectivity index (χ0n) is 14.4. The van der Waals surface area contributed by atoms with Crippen LogP contribution >= 0.6 is 0 Å². The Hall–Kier alpha value is -2.33. The van der Waals surface area contributed by atoms with E-state index in [1.165, 1.54) is 48.2 Å². The van der Waals surface area contributed by atoms with Crippen molar-refractivity contribution in [2.75, 3.05) is 7.11 Å². The van der Waals surface area contributed by atoms with Crippen molar-refractivity contribution in [1.29, 1.82) is 0 Å². The molecule has 0 saturated carbocycles. The molecule has 0 bridgehead atoms. The summed E-state index contributed by atoms with van der Waals surface area (Å²) in [5.41, 5.74) is 0.302. The van der Waals surface area contributed by atoms with Crippen LogP contribution in [0.25, 0.3) is 16.9 Å². The van der Waals surface area contributed by atoms with E-state index in [0.29, 0.717) is 11.3 Å². The average Bonchev–Trinajstić information content (AvgIpc) is 3.06. The molecule has 0 aliphatic carbocycles. The van der Waals surface area contributed by atoms with Gasteiger partial charge in [0.25, 0.3) is 6.43 Å². The Bertz CT molecular complexity index is 1090. The van der Waals surface area contributed by atoms with Gasteiger partial charge in [0, 0.05) is 5.56 Å². The first-order chi connectivity index (χ1) is 12.7. The second-order valence-corrected chi connectivity index (χ2v) is 7.12. The molecular weight excluding hydrogens is 462 g/mol. The summed E-state index contributed by atoms with van der Waals surface area (Å²) in [6.07, 6.45) is -2.84. The molecule has 3 rings (SSSR count). The van der Waals surface area contributed by atoms with E-state index < -0.39 is 28.0 Å². The SMILES string of the molecule is COc1ccc(-c2cc(C(F)F)nn2-c2ccc(S(N)(=O)=O)cc2)cc1F.[SeH2]. The Kier molecular flexibility index (Phi) is 6.55. The first-order valence-corrected chi connectivity index (χ1v) is 9.10. The molecule has 28 heavy (non-hydrogen) atoms. The predicted molar refractivity (Wildman–Crippen MR) is 100 cm³/mol. The van der Waals surface area contributed by atoms with Crippen LogP contribution in [0.2, 0.25) is 0 Å². The summed E-state index contributed by atoms with van der Waals surface area (Å²) in [4.78, 5) is -0.135. The minimum absolute atomic E-state index is 0. The van der Waals surface area contributed by atoms with E-state index in [-0.39, 0.29) is 33.4 Å². The number of ether oxygens (including phenoxy) is 1. The van der Waals surface area contributed by atoms with Crippen LogP contribution in [0.15, 0.2) is 53.4 Å². The summed E-state index contributed by atoms with van der Waals surface area (Å²) in [5.74, 6) is -0.651. The monoisotopic (exact) mass is 479 g/mol. The van der Waals surface area contributed by atoms with E-state index in [9.17, 15) is 21.6 Å². The fourth-order valence-corrected chi connectivity index (χ4v) is 3.03. The Balaban J connectivity index is 0.00000280. The second kappa shape index (κ2) is 8.36. The normalized spacial score (nSPS) is 11.4. The summed E-state index contributed by atoms with van der Waals surface area (Å²) in [5, 5.41) is 8.90. The first-order valence-electron chi connectivity index (χ1n) is 7.56. The third kappa shape index (κ3) is 4.38. The fourth-order valence-electron chi connectivity index (χ4n) is 2.51. The molecule has 150 valence electrons. The Morgan fingerprint density at radius 2 is 1.75 bits per heavy atom. The molecule has 2 N–H and O–H groups in total. The number of halogens is 3. The summed E-state index contributed by atoms with van der Waals surface area (Å²) >= 11 is 0. The zero-order valence-corrected chi connectivity index (χ0v) is 17.3. The number of methoxy groups -OCH3 is 1. The molecule has 0 unspecified atom stereocenters. The van der Waals surface area contributed by atoms with E-state index >= 15 is 0 Å². The van der Waals surface area contributed by atoms with Gasteiger partial charge in [0.1, 0.15) is 5.69 Å². The van der Waals surface area contributed by atoms with Crippen LogP contribution in [0.1, 0.15) is 12.1 Å². The molecule has 1 aromatic heterocycles. The fraction of sp³-hybridized carbons (Fsp3) is 0.118. The van der Waals surface area contributed by atoms with Crippen LogP contribution in [-0.2, 0) is 10.0 Å². The van der Waals surface area contributed by atoms with Gasteiger partial charge in [-0.3, -0.25) is 0 Å². The summed E-state index contributed by atoms with van der Waals surface area (Å²) in [7, 11) is -2.59. The second-order valence-electron chi connectivity index (χ2n) is 5.56. The van der Waals surface area contributed by atoms with Crippen molar-refractivity contribution < 1.29 is 26.3 Å². The van der Waals surface area contributed by atoms with Crippen LogP contribution in [-0.4, -0.2) is 42.4 Å². The van der Waals surface area contributed by atoms with E-state index in [1.807, 2.05) is 0 Å². The summed E-state index contributed by atoms with van der Waals surface area (Å²) < 4.78 is 69.1. The maximum atomic E-state index is 14.0. The molecule has 0 aliphatic heterocycles. The van der Waals surface area contributed by atoms with Crippen LogP contribution in [0.5, 0.6) is 5.75 Å². The number of sulfonamides is 1. The van der Waals surface area contributed by atoms with Gasteiger partial charge in [0.15, 0.2) is 11.6 Å². The number of alkyl halides is 2. The molecule has 2 aromatic carbocycles. The van der Waals surface area contributed by atoms with Gasteiger partial charge in [-0.25, -0.2) is 31.4 Å². The number of primary sulfonamides is 1. The molecule has 3 aromatic rings. The number of aromatic nitrogens is 2. The molecule has 0 fully saturated rings. The van der Waals surface area contributed by atoms with Gasteiger partial charge < -0.3 is 4.74 Å². The Morgan fingerprint density at radius 1 is 1.11 bits per heavy atom. The van der Waals surface area contributed by atoms with E-state index in [0.717, 1.165) is 12.1 Å². The Morgan fingerprint density at radius 3 is 2.25 bits per heavy atom. The van der Waals surface area contributed by atoms with Crippen LogP contribution < -0.4 is 9.88 Å². The quantitative estimate of drug-likeness (QED) is 0.571. The number of benzene rings is 2.